The SMILES string of the molecule is COc1ccc(C(N)C(F)F)nc1. The molecule has 0 amide bonds. The monoisotopic (exact) mass is 188 g/mol. The molecule has 1 rings (SSSR count). The van der Waals surface area contributed by atoms with Gasteiger partial charge in [0, 0.05) is 0 Å². The highest BCUT2D eigenvalue weighted by Gasteiger charge is 2.18. The third kappa shape index (κ3) is 2.35. The van der Waals surface area contributed by atoms with Crippen molar-refractivity contribution >= 4 is 0 Å². The van der Waals surface area contributed by atoms with Gasteiger partial charge in [0.05, 0.1) is 19.0 Å². The standard InChI is InChI=1S/C8H10F2N2O/c1-13-5-2-3-6(12-4-5)7(11)8(9)10/h2-4,7-8H,11H2,1H3. The van der Waals surface area contributed by atoms with E-state index >= 15 is 0 Å². The quantitative estimate of drug-likeness (QED) is 0.778. The number of aromatic nitrogens is 1. The Morgan fingerprint density at radius 3 is 2.54 bits per heavy atom. The molecule has 1 atom stereocenters. The first-order chi connectivity index (χ1) is 6.15. The van der Waals surface area contributed by atoms with Crippen LogP contribution in [0.2, 0.25) is 0 Å². The number of ether oxygens (including phenoxy) is 1. The van der Waals surface area contributed by atoms with E-state index in [1.165, 1.54) is 19.4 Å². The van der Waals surface area contributed by atoms with Crippen LogP contribution in [-0.2, 0) is 0 Å². The van der Waals surface area contributed by atoms with E-state index in [1.807, 2.05) is 0 Å². The zero-order valence-corrected chi connectivity index (χ0v) is 7.08. The van der Waals surface area contributed by atoms with Crippen molar-refractivity contribution in [1.82, 2.24) is 4.98 Å². The molecule has 3 nitrogen and oxygen atoms in total. The van der Waals surface area contributed by atoms with Gasteiger partial charge in [0.2, 0.25) is 0 Å². The normalized spacial score (nSPS) is 13.0. The molecule has 1 aromatic rings. The molecule has 0 saturated carbocycles. The molecule has 1 heterocycles. The molecule has 0 aliphatic rings. The molecule has 2 N–H and O–H groups in total. The second kappa shape index (κ2) is 4.13. The zero-order valence-electron chi connectivity index (χ0n) is 7.08. The largest absolute Gasteiger partial charge is 0.495 e. The highest BCUT2D eigenvalue weighted by atomic mass is 19.3. The van der Waals surface area contributed by atoms with Crippen LogP contribution in [0.4, 0.5) is 8.78 Å². The Hall–Kier alpha value is -1.23. The molecule has 0 fully saturated rings. The van der Waals surface area contributed by atoms with E-state index in [1.54, 1.807) is 6.07 Å². The van der Waals surface area contributed by atoms with Gasteiger partial charge in [0.15, 0.2) is 0 Å². The van der Waals surface area contributed by atoms with Gasteiger partial charge in [-0.25, -0.2) is 8.78 Å². The minimum absolute atomic E-state index is 0.163. The highest BCUT2D eigenvalue weighted by Crippen LogP contribution is 2.17. The van der Waals surface area contributed by atoms with Gasteiger partial charge in [0.25, 0.3) is 6.43 Å². The molecule has 0 aliphatic carbocycles. The van der Waals surface area contributed by atoms with Gasteiger partial charge >= 0.3 is 0 Å². The van der Waals surface area contributed by atoms with E-state index in [0.717, 1.165) is 0 Å². The van der Waals surface area contributed by atoms with Crippen LogP contribution in [0.1, 0.15) is 11.7 Å². The van der Waals surface area contributed by atoms with Gasteiger partial charge in [-0.3, -0.25) is 4.98 Å². The van der Waals surface area contributed by atoms with Gasteiger partial charge in [0.1, 0.15) is 11.8 Å². The fraction of sp³-hybridized carbons (Fsp3) is 0.375. The number of nitrogens with zero attached hydrogens (tertiary/aromatic N) is 1. The Bertz CT molecular complexity index is 263. The summed E-state index contributed by atoms with van der Waals surface area (Å²) in [6, 6.07) is 1.64. The molecule has 72 valence electrons. The van der Waals surface area contributed by atoms with Crippen LogP contribution in [0.25, 0.3) is 0 Å². The second-order valence-corrected chi connectivity index (χ2v) is 2.48. The lowest BCUT2D eigenvalue weighted by Crippen LogP contribution is -2.19. The first kappa shape index (κ1) is 9.85. The summed E-state index contributed by atoms with van der Waals surface area (Å²) in [5.74, 6) is 0.519. The lowest BCUT2D eigenvalue weighted by molar-refractivity contribution is 0.114. The Balaban J connectivity index is 2.79. The predicted molar refractivity (Wildman–Crippen MR) is 43.7 cm³/mol. The number of hydrogen-bond acceptors (Lipinski definition) is 3. The zero-order chi connectivity index (χ0) is 9.84. The number of alkyl halides is 2. The van der Waals surface area contributed by atoms with Crippen molar-refractivity contribution in [3.8, 4) is 5.75 Å². The number of hydrogen-bond donors (Lipinski definition) is 1. The van der Waals surface area contributed by atoms with Gasteiger partial charge in [-0.2, -0.15) is 0 Å². The fourth-order valence-electron chi connectivity index (χ4n) is 0.839. The van der Waals surface area contributed by atoms with E-state index < -0.39 is 12.5 Å². The molecule has 0 saturated heterocycles. The van der Waals surface area contributed by atoms with Crippen LogP contribution in [0.15, 0.2) is 18.3 Å². The van der Waals surface area contributed by atoms with Crippen LogP contribution < -0.4 is 10.5 Å². The van der Waals surface area contributed by atoms with Crippen LogP contribution >= 0.6 is 0 Å². The molecular formula is C8H10F2N2O. The van der Waals surface area contributed by atoms with E-state index in [2.05, 4.69) is 4.98 Å². The number of rotatable bonds is 3. The average Bonchev–Trinajstić information content (AvgIpc) is 2.17. The minimum Gasteiger partial charge on any atom is -0.495 e. The summed E-state index contributed by atoms with van der Waals surface area (Å²) >= 11 is 0. The minimum atomic E-state index is -2.60. The van der Waals surface area contributed by atoms with E-state index in [9.17, 15) is 8.78 Å². The summed E-state index contributed by atoms with van der Waals surface area (Å²) in [5, 5.41) is 0. The predicted octanol–water partition coefficient (Wildman–Crippen LogP) is 1.36. The molecule has 1 aromatic heterocycles. The van der Waals surface area contributed by atoms with Crippen molar-refractivity contribution in [3.63, 3.8) is 0 Å². The molecule has 0 spiro atoms. The van der Waals surface area contributed by atoms with Gasteiger partial charge < -0.3 is 10.5 Å². The number of methoxy groups -OCH3 is 1. The highest BCUT2D eigenvalue weighted by molar-refractivity contribution is 5.21. The third-order valence-corrected chi connectivity index (χ3v) is 1.61. The van der Waals surface area contributed by atoms with Crippen molar-refractivity contribution in [2.24, 2.45) is 5.73 Å². The summed E-state index contributed by atoms with van der Waals surface area (Å²) in [6.07, 6.45) is -1.24. The summed E-state index contributed by atoms with van der Waals surface area (Å²) < 4.78 is 29.0. The average molecular weight is 188 g/mol. The van der Waals surface area contributed by atoms with Crippen molar-refractivity contribution in [2.75, 3.05) is 7.11 Å². The van der Waals surface area contributed by atoms with Gasteiger partial charge in [-0.05, 0) is 12.1 Å². The molecule has 0 bridgehead atoms. The molecule has 0 aliphatic heterocycles. The van der Waals surface area contributed by atoms with Gasteiger partial charge in [-0.1, -0.05) is 0 Å². The number of halogens is 2. The fourth-order valence-corrected chi connectivity index (χ4v) is 0.839. The van der Waals surface area contributed by atoms with E-state index in [0.29, 0.717) is 5.75 Å². The van der Waals surface area contributed by atoms with Crippen molar-refractivity contribution in [2.45, 2.75) is 12.5 Å². The molecule has 0 aromatic carbocycles. The van der Waals surface area contributed by atoms with Crippen LogP contribution in [0.5, 0.6) is 5.75 Å². The van der Waals surface area contributed by atoms with Crippen molar-refractivity contribution in [3.05, 3.63) is 24.0 Å². The maximum absolute atomic E-state index is 12.1. The summed E-state index contributed by atoms with van der Waals surface area (Å²) in [7, 11) is 1.48. The molecule has 1 unspecified atom stereocenters. The Morgan fingerprint density at radius 1 is 1.46 bits per heavy atom. The van der Waals surface area contributed by atoms with E-state index in [4.69, 9.17) is 10.5 Å². The lowest BCUT2D eigenvalue weighted by atomic mass is 10.2. The third-order valence-electron chi connectivity index (χ3n) is 1.61. The van der Waals surface area contributed by atoms with Crippen molar-refractivity contribution in [1.29, 1.82) is 0 Å². The molecule has 0 radical (unpaired) electrons. The number of pyridine rings is 1. The first-order valence-corrected chi connectivity index (χ1v) is 3.69. The smallest absolute Gasteiger partial charge is 0.259 e. The topological polar surface area (TPSA) is 48.1 Å². The second-order valence-electron chi connectivity index (χ2n) is 2.48. The Morgan fingerprint density at radius 2 is 2.15 bits per heavy atom. The van der Waals surface area contributed by atoms with Crippen LogP contribution in [0.3, 0.4) is 0 Å². The van der Waals surface area contributed by atoms with Crippen LogP contribution in [0, 0.1) is 0 Å². The van der Waals surface area contributed by atoms with Crippen LogP contribution in [-0.4, -0.2) is 18.5 Å². The summed E-state index contributed by atoms with van der Waals surface area (Å²) in [4.78, 5) is 3.74. The van der Waals surface area contributed by atoms with Gasteiger partial charge in [-0.15, -0.1) is 0 Å². The molecular weight excluding hydrogens is 178 g/mol. The lowest BCUT2D eigenvalue weighted by Gasteiger charge is -2.09. The summed E-state index contributed by atoms with van der Waals surface area (Å²) in [5.41, 5.74) is 5.34. The Kier molecular flexibility index (Phi) is 3.13. The molecule has 13 heavy (non-hydrogen) atoms. The first-order valence-electron chi connectivity index (χ1n) is 3.69. The molecule has 5 heteroatoms. The van der Waals surface area contributed by atoms with Crippen molar-refractivity contribution < 1.29 is 13.5 Å². The maximum atomic E-state index is 12.1. The number of nitrogens with two attached hydrogens (primary N) is 1. The van der Waals surface area contributed by atoms with E-state index in [-0.39, 0.29) is 5.69 Å². The Labute approximate surface area is 74.5 Å². The summed E-state index contributed by atoms with van der Waals surface area (Å²) in [6.45, 7) is 0. The maximum Gasteiger partial charge on any atom is 0.259 e.